The molecule has 0 radical (unpaired) electrons. The highest BCUT2D eigenvalue weighted by atomic mass is 16.5. The molecule has 1 aromatic carbocycles. The number of aromatic nitrogens is 1. The summed E-state index contributed by atoms with van der Waals surface area (Å²) in [6, 6.07) is 8.42. The van der Waals surface area contributed by atoms with Gasteiger partial charge >= 0.3 is 0 Å². The van der Waals surface area contributed by atoms with Gasteiger partial charge in [0.2, 0.25) is 0 Å². The van der Waals surface area contributed by atoms with Crippen LogP contribution in [0.2, 0.25) is 0 Å². The van der Waals surface area contributed by atoms with Gasteiger partial charge in [-0.05, 0) is 24.6 Å². The van der Waals surface area contributed by atoms with E-state index in [9.17, 15) is 0 Å². The molecule has 0 aliphatic carbocycles. The topological polar surface area (TPSA) is 40.2 Å². The first-order valence-electron chi connectivity index (χ1n) is 5.62. The lowest BCUT2D eigenvalue weighted by Gasteiger charge is -2.04. The Morgan fingerprint density at radius 1 is 1.38 bits per heavy atom. The van der Waals surface area contributed by atoms with Crippen LogP contribution in [0.3, 0.4) is 0 Å². The molecule has 3 heteroatoms. The minimum Gasteiger partial charge on any atom is -0.376 e. The molecule has 2 aromatic rings. The number of nitrogens with two attached hydrogens (primary N) is 1. The maximum Gasteiger partial charge on any atom is 0.0867 e. The van der Waals surface area contributed by atoms with Crippen LogP contribution >= 0.6 is 0 Å². The lowest BCUT2D eigenvalue weighted by Crippen LogP contribution is -1.99. The Balaban J connectivity index is 2.49. The summed E-state index contributed by atoms with van der Waals surface area (Å²) in [4.78, 5) is 0. The van der Waals surface area contributed by atoms with Gasteiger partial charge in [0.05, 0.1) is 6.61 Å². The van der Waals surface area contributed by atoms with Crippen LogP contribution in [0.5, 0.6) is 0 Å². The number of benzene rings is 1. The average Bonchev–Trinajstić information content (AvgIpc) is 2.64. The molecule has 0 bridgehead atoms. The van der Waals surface area contributed by atoms with E-state index in [1.807, 2.05) is 6.92 Å². The average molecular weight is 218 g/mol. The number of ether oxygens (including phenoxy) is 1. The molecule has 0 fully saturated rings. The number of aryl methyl sites for hydroxylation is 1. The van der Waals surface area contributed by atoms with Gasteiger partial charge in [0.15, 0.2) is 0 Å². The fraction of sp³-hybridized carbons (Fsp3) is 0.385. The highest BCUT2D eigenvalue weighted by molar-refractivity contribution is 5.84. The quantitative estimate of drug-likeness (QED) is 0.854. The molecular weight excluding hydrogens is 200 g/mol. The molecule has 0 unspecified atom stereocenters. The maximum absolute atomic E-state index is 5.73. The second-order valence-corrected chi connectivity index (χ2v) is 3.89. The molecule has 0 saturated heterocycles. The number of hydrogen-bond acceptors (Lipinski definition) is 2. The lowest BCUT2D eigenvalue weighted by molar-refractivity contribution is 0.129. The predicted molar refractivity (Wildman–Crippen MR) is 66.1 cm³/mol. The third kappa shape index (κ3) is 1.84. The second-order valence-electron chi connectivity index (χ2n) is 3.89. The van der Waals surface area contributed by atoms with Crippen LogP contribution in [0.4, 0.5) is 0 Å². The normalized spacial score (nSPS) is 11.2. The van der Waals surface area contributed by atoms with Crippen LogP contribution in [-0.2, 0) is 24.9 Å². The Bertz CT molecular complexity index is 488. The minimum atomic E-state index is 0.579. The Morgan fingerprint density at radius 3 is 2.88 bits per heavy atom. The van der Waals surface area contributed by atoms with Gasteiger partial charge in [0.25, 0.3) is 0 Å². The molecule has 1 heterocycles. The molecule has 0 saturated carbocycles. The molecule has 0 amide bonds. The van der Waals surface area contributed by atoms with Crippen molar-refractivity contribution in [2.75, 3.05) is 6.61 Å². The molecule has 1 aromatic heterocycles. The van der Waals surface area contributed by atoms with Crippen LogP contribution in [-0.4, -0.2) is 11.2 Å². The van der Waals surface area contributed by atoms with E-state index in [-0.39, 0.29) is 0 Å². The summed E-state index contributed by atoms with van der Waals surface area (Å²) in [7, 11) is 2.07. The van der Waals surface area contributed by atoms with Crippen molar-refractivity contribution in [3.8, 4) is 0 Å². The maximum atomic E-state index is 5.73. The van der Waals surface area contributed by atoms with Gasteiger partial charge in [-0.1, -0.05) is 12.1 Å². The first-order chi connectivity index (χ1) is 7.77. The van der Waals surface area contributed by atoms with E-state index < -0.39 is 0 Å². The summed E-state index contributed by atoms with van der Waals surface area (Å²) < 4.78 is 7.62. The zero-order chi connectivity index (χ0) is 11.5. The Kier molecular flexibility index (Phi) is 3.27. The number of nitrogens with zero attached hydrogens (tertiary/aromatic N) is 1. The zero-order valence-corrected chi connectivity index (χ0v) is 9.86. The molecule has 0 atom stereocenters. The van der Waals surface area contributed by atoms with Crippen molar-refractivity contribution < 1.29 is 4.74 Å². The molecule has 0 aliphatic rings. The molecule has 0 aliphatic heterocycles. The van der Waals surface area contributed by atoms with Crippen LogP contribution in [0.1, 0.15) is 18.2 Å². The van der Waals surface area contributed by atoms with Crippen molar-refractivity contribution >= 4 is 10.9 Å². The van der Waals surface area contributed by atoms with E-state index >= 15 is 0 Å². The summed E-state index contributed by atoms with van der Waals surface area (Å²) in [5.41, 5.74) is 9.34. The summed E-state index contributed by atoms with van der Waals surface area (Å²) in [6.07, 6.45) is 0. The van der Waals surface area contributed by atoms with Gasteiger partial charge in [-0.3, -0.25) is 0 Å². The fourth-order valence-corrected chi connectivity index (χ4v) is 2.00. The molecule has 3 nitrogen and oxygen atoms in total. The predicted octanol–water partition coefficient (Wildman–Crippen LogP) is 2.17. The minimum absolute atomic E-state index is 0.579. The standard InChI is InChI=1S/C13H18N2O/c1-3-16-9-11-7-12-10(8-14)5-4-6-13(12)15(11)2/h4-7H,3,8-9,14H2,1-2H3. The van der Waals surface area contributed by atoms with E-state index in [2.05, 4.69) is 35.9 Å². The van der Waals surface area contributed by atoms with E-state index in [1.54, 1.807) is 0 Å². The smallest absolute Gasteiger partial charge is 0.0867 e. The van der Waals surface area contributed by atoms with Crippen molar-refractivity contribution in [3.05, 3.63) is 35.5 Å². The van der Waals surface area contributed by atoms with Crippen molar-refractivity contribution in [3.63, 3.8) is 0 Å². The van der Waals surface area contributed by atoms with Gasteiger partial charge in [0, 0.05) is 36.8 Å². The van der Waals surface area contributed by atoms with Crippen molar-refractivity contribution in [2.24, 2.45) is 12.8 Å². The Labute approximate surface area is 95.8 Å². The molecule has 86 valence electrons. The van der Waals surface area contributed by atoms with E-state index in [0.717, 1.165) is 6.61 Å². The first-order valence-corrected chi connectivity index (χ1v) is 5.62. The van der Waals surface area contributed by atoms with Gasteiger partial charge in [-0.2, -0.15) is 0 Å². The van der Waals surface area contributed by atoms with E-state index in [4.69, 9.17) is 10.5 Å². The summed E-state index contributed by atoms with van der Waals surface area (Å²) in [6.45, 7) is 3.99. The zero-order valence-electron chi connectivity index (χ0n) is 9.86. The summed E-state index contributed by atoms with van der Waals surface area (Å²) >= 11 is 0. The third-order valence-corrected chi connectivity index (χ3v) is 2.95. The highest BCUT2D eigenvalue weighted by Gasteiger charge is 2.07. The first kappa shape index (κ1) is 11.2. The van der Waals surface area contributed by atoms with Crippen molar-refractivity contribution in [1.29, 1.82) is 0 Å². The molecule has 16 heavy (non-hydrogen) atoms. The van der Waals surface area contributed by atoms with Gasteiger partial charge < -0.3 is 15.0 Å². The Hall–Kier alpha value is -1.32. The molecule has 2 N–H and O–H groups in total. The largest absolute Gasteiger partial charge is 0.376 e. The molecular formula is C13H18N2O. The van der Waals surface area contributed by atoms with E-state index in [0.29, 0.717) is 13.2 Å². The van der Waals surface area contributed by atoms with Crippen molar-refractivity contribution in [2.45, 2.75) is 20.1 Å². The van der Waals surface area contributed by atoms with Crippen molar-refractivity contribution in [1.82, 2.24) is 4.57 Å². The Morgan fingerprint density at radius 2 is 2.19 bits per heavy atom. The fourth-order valence-electron chi connectivity index (χ4n) is 2.00. The van der Waals surface area contributed by atoms with Gasteiger partial charge in [0.1, 0.15) is 0 Å². The van der Waals surface area contributed by atoms with Crippen LogP contribution in [0.15, 0.2) is 24.3 Å². The van der Waals surface area contributed by atoms with Crippen LogP contribution in [0.25, 0.3) is 10.9 Å². The molecule has 0 spiro atoms. The number of hydrogen-bond donors (Lipinski definition) is 1. The number of rotatable bonds is 4. The van der Waals surface area contributed by atoms with Crippen LogP contribution < -0.4 is 5.73 Å². The number of fused-ring (bicyclic) bond motifs is 1. The lowest BCUT2D eigenvalue weighted by atomic mass is 10.1. The summed E-state index contributed by atoms with van der Waals surface area (Å²) in [5, 5.41) is 1.24. The van der Waals surface area contributed by atoms with Gasteiger partial charge in [-0.15, -0.1) is 0 Å². The van der Waals surface area contributed by atoms with Crippen LogP contribution in [0, 0.1) is 0 Å². The molecule has 2 rings (SSSR count). The monoisotopic (exact) mass is 218 g/mol. The highest BCUT2D eigenvalue weighted by Crippen LogP contribution is 2.22. The SMILES string of the molecule is CCOCc1cc2c(CN)cccc2n1C. The van der Waals surface area contributed by atoms with E-state index in [1.165, 1.54) is 22.2 Å². The summed E-state index contributed by atoms with van der Waals surface area (Å²) in [5.74, 6) is 0. The van der Waals surface area contributed by atoms with Gasteiger partial charge in [-0.25, -0.2) is 0 Å². The third-order valence-electron chi connectivity index (χ3n) is 2.95. The second kappa shape index (κ2) is 4.68.